The standard InChI is InChI=1S/C11H19N3O2S/c1-7(5-6-17-4)12-10-9(11(15)16)8(2)13-14(10)3/h7,12H,5-6H2,1-4H3,(H,15,16). The summed E-state index contributed by atoms with van der Waals surface area (Å²) < 4.78 is 1.59. The summed E-state index contributed by atoms with van der Waals surface area (Å²) in [6.07, 6.45) is 3.05. The lowest BCUT2D eigenvalue weighted by molar-refractivity contribution is 0.0697. The Morgan fingerprint density at radius 3 is 2.82 bits per heavy atom. The van der Waals surface area contributed by atoms with Crippen LogP contribution in [0.3, 0.4) is 0 Å². The highest BCUT2D eigenvalue weighted by molar-refractivity contribution is 7.98. The highest BCUT2D eigenvalue weighted by atomic mass is 32.2. The fourth-order valence-electron chi connectivity index (χ4n) is 1.68. The molecule has 0 saturated carbocycles. The maximum atomic E-state index is 11.2. The first kappa shape index (κ1) is 13.9. The van der Waals surface area contributed by atoms with Crippen LogP contribution >= 0.6 is 11.8 Å². The number of nitrogens with zero attached hydrogens (tertiary/aromatic N) is 2. The molecule has 1 aromatic heterocycles. The molecule has 6 heteroatoms. The summed E-state index contributed by atoms with van der Waals surface area (Å²) in [4.78, 5) is 11.2. The number of aryl methyl sites for hydroxylation is 2. The molecule has 1 atom stereocenters. The average Bonchev–Trinajstić information content (AvgIpc) is 2.51. The van der Waals surface area contributed by atoms with Crippen molar-refractivity contribution >= 4 is 23.5 Å². The van der Waals surface area contributed by atoms with Gasteiger partial charge in [0.2, 0.25) is 0 Å². The SMILES string of the molecule is CSCCC(C)Nc1c(C(=O)O)c(C)nn1C. The highest BCUT2D eigenvalue weighted by Gasteiger charge is 2.20. The minimum Gasteiger partial charge on any atom is -0.477 e. The monoisotopic (exact) mass is 257 g/mol. The van der Waals surface area contributed by atoms with Crippen LogP contribution in [0.2, 0.25) is 0 Å². The molecular weight excluding hydrogens is 238 g/mol. The lowest BCUT2D eigenvalue weighted by atomic mass is 10.2. The molecule has 1 heterocycles. The average molecular weight is 257 g/mol. The summed E-state index contributed by atoms with van der Waals surface area (Å²) in [5.74, 6) is 0.701. The molecule has 0 saturated heterocycles. The van der Waals surface area contributed by atoms with Gasteiger partial charge in [-0.15, -0.1) is 0 Å². The molecule has 0 fully saturated rings. The van der Waals surface area contributed by atoms with Crippen molar-refractivity contribution in [3.63, 3.8) is 0 Å². The van der Waals surface area contributed by atoms with Crippen molar-refractivity contribution < 1.29 is 9.90 Å². The molecule has 96 valence electrons. The van der Waals surface area contributed by atoms with Gasteiger partial charge in [-0.05, 0) is 32.3 Å². The van der Waals surface area contributed by atoms with Crippen LogP contribution in [0.4, 0.5) is 5.82 Å². The van der Waals surface area contributed by atoms with E-state index in [1.54, 1.807) is 30.4 Å². The van der Waals surface area contributed by atoms with Crippen molar-refractivity contribution in [1.82, 2.24) is 9.78 Å². The number of hydrogen-bond acceptors (Lipinski definition) is 4. The van der Waals surface area contributed by atoms with E-state index in [4.69, 9.17) is 5.11 Å². The third-order valence-corrected chi connectivity index (χ3v) is 3.22. The molecule has 1 rings (SSSR count). The summed E-state index contributed by atoms with van der Waals surface area (Å²) in [5, 5.41) is 16.5. The number of anilines is 1. The Morgan fingerprint density at radius 2 is 2.29 bits per heavy atom. The Labute approximate surface area is 106 Å². The number of carbonyl (C=O) groups is 1. The molecule has 2 N–H and O–H groups in total. The van der Waals surface area contributed by atoms with Crippen molar-refractivity contribution in [2.24, 2.45) is 7.05 Å². The lowest BCUT2D eigenvalue weighted by Gasteiger charge is -2.15. The van der Waals surface area contributed by atoms with Crippen molar-refractivity contribution in [3.05, 3.63) is 11.3 Å². The third kappa shape index (κ3) is 3.39. The second-order valence-corrected chi connectivity index (χ2v) is 5.05. The van der Waals surface area contributed by atoms with E-state index in [0.29, 0.717) is 11.5 Å². The van der Waals surface area contributed by atoms with Gasteiger partial charge in [-0.1, -0.05) is 0 Å². The van der Waals surface area contributed by atoms with Gasteiger partial charge in [-0.3, -0.25) is 4.68 Å². The van der Waals surface area contributed by atoms with Crippen molar-refractivity contribution in [1.29, 1.82) is 0 Å². The number of nitrogens with one attached hydrogen (secondary N) is 1. The number of thioether (sulfide) groups is 1. The van der Waals surface area contributed by atoms with E-state index < -0.39 is 5.97 Å². The van der Waals surface area contributed by atoms with Crippen LogP contribution in [0.5, 0.6) is 0 Å². The number of aromatic nitrogens is 2. The van der Waals surface area contributed by atoms with E-state index >= 15 is 0 Å². The summed E-state index contributed by atoms with van der Waals surface area (Å²) in [6, 6.07) is 0.232. The lowest BCUT2D eigenvalue weighted by Crippen LogP contribution is -2.20. The smallest absolute Gasteiger partial charge is 0.341 e. The fourth-order valence-corrected chi connectivity index (χ4v) is 2.27. The van der Waals surface area contributed by atoms with Gasteiger partial charge in [0.15, 0.2) is 0 Å². The summed E-state index contributed by atoms with van der Waals surface area (Å²) in [5.41, 5.74) is 0.808. The van der Waals surface area contributed by atoms with Gasteiger partial charge in [0.1, 0.15) is 11.4 Å². The predicted molar refractivity (Wildman–Crippen MR) is 71.0 cm³/mol. The molecule has 0 aliphatic carbocycles. The minimum atomic E-state index is -0.935. The Balaban J connectivity index is 2.86. The third-order valence-electron chi connectivity index (χ3n) is 2.57. The van der Waals surface area contributed by atoms with E-state index in [9.17, 15) is 4.79 Å². The maximum absolute atomic E-state index is 11.2. The molecule has 1 unspecified atom stereocenters. The Kier molecular flexibility index (Phi) is 4.86. The van der Waals surface area contributed by atoms with Crippen LogP contribution in [-0.2, 0) is 7.05 Å². The zero-order chi connectivity index (χ0) is 13.0. The highest BCUT2D eigenvalue weighted by Crippen LogP contribution is 2.20. The molecule has 1 aromatic rings. The van der Waals surface area contributed by atoms with Gasteiger partial charge < -0.3 is 10.4 Å². The first-order chi connectivity index (χ1) is 7.97. The van der Waals surface area contributed by atoms with Gasteiger partial charge in [0.05, 0.1) is 5.69 Å². The molecule has 0 aromatic carbocycles. The summed E-state index contributed by atoms with van der Waals surface area (Å²) >= 11 is 1.78. The Hall–Kier alpha value is -1.17. The molecule has 0 spiro atoms. The molecule has 5 nitrogen and oxygen atoms in total. The van der Waals surface area contributed by atoms with Crippen LogP contribution in [0.1, 0.15) is 29.4 Å². The summed E-state index contributed by atoms with van der Waals surface area (Å²) in [6.45, 7) is 3.76. The molecule has 0 bridgehead atoms. The predicted octanol–water partition coefficient (Wildman–Crippen LogP) is 1.98. The maximum Gasteiger partial charge on any atom is 0.341 e. The van der Waals surface area contributed by atoms with Gasteiger partial charge >= 0.3 is 5.97 Å². The van der Waals surface area contributed by atoms with E-state index in [0.717, 1.165) is 12.2 Å². The van der Waals surface area contributed by atoms with Gasteiger partial charge in [0.25, 0.3) is 0 Å². The zero-order valence-electron chi connectivity index (χ0n) is 10.6. The van der Waals surface area contributed by atoms with E-state index in [1.807, 2.05) is 6.92 Å². The Morgan fingerprint density at radius 1 is 1.65 bits per heavy atom. The normalized spacial score (nSPS) is 12.5. The molecule has 0 aliphatic rings. The zero-order valence-corrected chi connectivity index (χ0v) is 11.5. The molecular formula is C11H19N3O2S. The number of carboxylic acid groups (broad SMARTS) is 1. The van der Waals surface area contributed by atoms with Gasteiger partial charge in [-0.2, -0.15) is 16.9 Å². The first-order valence-electron chi connectivity index (χ1n) is 5.49. The second kappa shape index (κ2) is 5.95. The second-order valence-electron chi connectivity index (χ2n) is 4.06. The number of hydrogen-bond donors (Lipinski definition) is 2. The van der Waals surface area contributed by atoms with E-state index in [2.05, 4.69) is 16.7 Å². The molecule has 17 heavy (non-hydrogen) atoms. The Bertz CT molecular complexity index is 404. The minimum absolute atomic E-state index is 0.232. The van der Waals surface area contributed by atoms with Crippen LogP contribution in [0.25, 0.3) is 0 Å². The fraction of sp³-hybridized carbons (Fsp3) is 0.636. The van der Waals surface area contributed by atoms with E-state index in [1.165, 1.54) is 0 Å². The van der Waals surface area contributed by atoms with E-state index in [-0.39, 0.29) is 11.6 Å². The largest absolute Gasteiger partial charge is 0.477 e. The number of aromatic carboxylic acids is 1. The van der Waals surface area contributed by atoms with Crippen LogP contribution in [0, 0.1) is 6.92 Å². The van der Waals surface area contributed by atoms with Gasteiger partial charge in [-0.25, -0.2) is 4.79 Å². The summed E-state index contributed by atoms with van der Waals surface area (Å²) in [7, 11) is 1.75. The molecule has 0 aliphatic heterocycles. The van der Waals surface area contributed by atoms with Crippen molar-refractivity contribution in [2.75, 3.05) is 17.3 Å². The van der Waals surface area contributed by atoms with Gasteiger partial charge in [0, 0.05) is 13.1 Å². The van der Waals surface area contributed by atoms with Crippen molar-refractivity contribution in [2.45, 2.75) is 26.3 Å². The molecule has 0 amide bonds. The molecule has 0 radical (unpaired) electrons. The van der Waals surface area contributed by atoms with Crippen LogP contribution in [-0.4, -0.2) is 38.9 Å². The number of carboxylic acids is 1. The first-order valence-corrected chi connectivity index (χ1v) is 6.89. The topological polar surface area (TPSA) is 67.2 Å². The van der Waals surface area contributed by atoms with Crippen LogP contribution in [0.15, 0.2) is 0 Å². The number of rotatable bonds is 6. The van der Waals surface area contributed by atoms with Crippen LogP contribution < -0.4 is 5.32 Å². The quantitative estimate of drug-likeness (QED) is 0.815. The van der Waals surface area contributed by atoms with Crippen molar-refractivity contribution in [3.8, 4) is 0 Å².